The molecule has 0 N–H and O–H groups in total. The normalized spacial score (nSPS) is 32.1. The molecule has 0 saturated carbocycles. The maximum Gasteiger partial charge on any atom is 0.0940 e. The summed E-state index contributed by atoms with van der Waals surface area (Å²) in [6, 6.07) is 0. The van der Waals surface area contributed by atoms with E-state index in [1.165, 1.54) is 25.8 Å². The number of rotatable bonds is 0. The largest absolute Gasteiger partial charge is 0.347 e. The summed E-state index contributed by atoms with van der Waals surface area (Å²) in [6.45, 7) is 2.07. The molecule has 1 fully saturated rings. The zero-order valence-corrected chi connectivity index (χ0v) is 7.03. The maximum absolute atomic E-state index is 4.27. The summed E-state index contributed by atoms with van der Waals surface area (Å²) < 4.78 is 0. The average Bonchev–Trinajstić information content (AvgIpc) is 2.06. The van der Waals surface area contributed by atoms with Crippen molar-refractivity contribution in [2.24, 2.45) is 4.99 Å². The molecule has 0 aromatic carbocycles. The van der Waals surface area contributed by atoms with Gasteiger partial charge in [-0.3, -0.25) is 9.89 Å². The molecule has 0 bridgehead atoms. The Morgan fingerprint density at radius 1 is 1.45 bits per heavy atom. The second-order valence-corrected chi connectivity index (χ2v) is 3.41. The molecule has 0 spiro atoms. The van der Waals surface area contributed by atoms with E-state index >= 15 is 0 Å². The van der Waals surface area contributed by atoms with Gasteiger partial charge < -0.3 is 4.90 Å². The molecule has 0 radical (unpaired) electrons. The van der Waals surface area contributed by atoms with Gasteiger partial charge in [0.2, 0.25) is 0 Å². The topological polar surface area (TPSA) is 18.8 Å². The van der Waals surface area contributed by atoms with E-state index in [9.17, 15) is 0 Å². The van der Waals surface area contributed by atoms with Gasteiger partial charge in [0.25, 0.3) is 0 Å². The van der Waals surface area contributed by atoms with Crippen molar-refractivity contribution in [2.75, 3.05) is 20.3 Å². The van der Waals surface area contributed by atoms with Crippen LogP contribution in [0, 0.1) is 0 Å². The Morgan fingerprint density at radius 3 is 3.18 bits per heavy atom. The van der Waals surface area contributed by atoms with Crippen LogP contribution < -0.4 is 0 Å². The first kappa shape index (κ1) is 7.10. The third kappa shape index (κ3) is 1.25. The van der Waals surface area contributed by atoms with E-state index in [4.69, 9.17) is 0 Å². The van der Waals surface area contributed by atoms with Gasteiger partial charge in [-0.15, -0.1) is 0 Å². The second kappa shape index (κ2) is 2.81. The SMILES string of the molecule is CN1CN=CN2CCCCC12. The first-order valence-electron chi connectivity index (χ1n) is 4.34. The van der Waals surface area contributed by atoms with Crippen LogP contribution in [-0.4, -0.2) is 42.6 Å². The quantitative estimate of drug-likeness (QED) is 0.511. The molecule has 0 aromatic rings. The van der Waals surface area contributed by atoms with E-state index in [1.807, 2.05) is 6.34 Å². The summed E-state index contributed by atoms with van der Waals surface area (Å²) in [4.78, 5) is 8.94. The molecule has 11 heavy (non-hydrogen) atoms. The molecule has 2 aliphatic heterocycles. The minimum atomic E-state index is 0.640. The van der Waals surface area contributed by atoms with Crippen LogP contribution in [0.2, 0.25) is 0 Å². The van der Waals surface area contributed by atoms with Crippen molar-refractivity contribution >= 4 is 6.34 Å². The zero-order valence-electron chi connectivity index (χ0n) is 7.03. The van der Waals surface area contributed by atoms with Gasteiger partial charge >= 0.3 is 0 Å². The van der Waals surface area contributed by atoms with Crippen LogP contribution in [0.4, 0.5) is 0 Å². The fraction of sp³-hybridized carbons (Fsp3) is 0.875. The fourth-order valence-corrected chi connectivity index (χ4v) is 1.91. The fourth-order valence-electron chi connectivity index (χ4n) is 1.91. The molecule has 62 valence electrons. The van der Waals surface area contributed by atoms with Gasteiger partial charge in [-0.25, -0.2) is 0 Å². The maximum atomic E-state index is 4.27. The third-order valence-electron chi connectivity index (χ3n) is 2.55. The van der Waals surface area contributed by atoms with Crippen molar-refractivity contribution in [3.05, 3.63) is 0 Å². The number of hydrogen-bond acceptors (Lipinski definition) is 3. The summed E-state index contributed by atoms with van der Waals surface area (Å²) in [6.07, 6.45) is 6.67. The Hall–Kier alpha value is -0.570. The highest BCUT2D eigenvalue weighted by molar-refractivity contribution is 5.56. The summed E-state index contributed by atoms with van der Waals surface area (Å²) in [7, 11) is 2.15. The average molecular weight is 153 g/mol. The molecule has 0 aliphatic carbocycles. The number of nitrogens with zero attached hydrogens (tertiary/aromatic N) is 3. The molecule has 2 heterocycles. The van der Waals surface area contributed by atoms with Crippen LogP contribution in [0.25, 0.3) is 0 Å². The highest BCUT2D eigenvalue weighted by Crippen LogP contribution is 2.19. The number of aliphatic imine (C=N–C) groups is 1. The molecule has 0 aromatic heterocycles. The van der Waals surface area contributed by atoms with Gasteiger partial charge in [-0.1, -0.05) is 0 Å². The standard InChI is InChI=1S/C8H15N3/c1-10-6-9-7-11-5-3-2-4-8(10)11/h7-8H,2-6H2,1H3. The third-order valence-corrected chi connectivity index (χ3v) is 2.55. The lowest BCUT2D eigenvalue weighted by Gasteiger charge is -2.41. The van der Waals surface area contributed by atoms with Gasteiger partial charge in [0.15, 0.2) is 0 Å². The van der Waals surface area contributed by atoms with Crippen LogP contribution in [0.5, 0.6) is 0 Å². The molecule has 2 aliphatic rings. The van der Waals surface area contributed by atoms with E-state index < -0.39 is 0 Å². The van der Waals surface area contributed by atoms with E-state index in [0.717, 1.165) is 6.67 Å². The Balaban J connectivity index is 2.09. The molecule has 0 amide bonds. The number of piperidine rings is 1. The lowest BCUT2D eigenvalue weighted by molar-refractivity contribution is 0.0764. The van der Waals surface area contributed by atoms with Gasteiger partial charge in [-0.05, 0) is 26.3 Å². The lowest BCUT2D eigenvalue weighted by atomic mass is 10.1. The first-order chi connectivity index (χ1) is 5.38. The summed E-state index contributed by atoms with van der Waals surface area (Å²) >= 11 is 0. The highest BCUT2D eigenvalue weighted by atomic mass is 15.4. The van der Waals surface area contributed by atoms with Gasteiger partial charge in [-0.2, -0.15) is 0 Å². The van der Waals surface area contributed by atoms with E-state index in [-0.39, 0.29) is 0 Å². The van der Waals surface area contributed by atoms with Gasteiger partial charge in [0, 0.05) is 6.54 Å². The van der Waals surface area contributed by atoms with Crippen molar-refractivity contribution < 1.29 is 0 Å². The molecule has 1 saturated heterocycles. The Labute approximate surface area is 67.7 Å². The lowest BCUT2D eigenvalue weighted by Crippen LogP contribution is -2.51. The van der Waals surface area contributed by atoms with Crippen LogP contribution >= 0.6 is 0 Å². The van der Waals surface area contributed by atoms with E-state index in [2.05, 4.69) is 21.8 Å². The molecular formula is C8H15N3. The molecule has 3 heteroatoms. The molecule has 1 unspecified atom stereocenters. The molecular weight excluding hydrogens is 138 g/mol. The minimum absolute atomic E-state index is 0.640. The summed E-state index contributed by atoms with van der Waals surface area (Å²) in [5.74, 6) is 0. The van der Waals surface area contributed by atoms with E-state index in [0.29, 0.717) is 6.17 Å². The minimum Gasteiger partial charge on any atom is -0.347 e. The number of hydrogen-bond donors (Lipinski definition) is 0. The number of fused-ring (bicyclic) bond motifs is 1. The predicted octanol–water partition coefficient (Wildman–Crippen LogP) is 0.730. The highest BCUT2D eigenvalue weighted by Gasteiger charge is 2.25. The van der Waals surface area contributed by atoms with Crippen molar-refractivity contribution in [2.45, 2.75) is 25.4 Å². The smallest absolute Gasteiger partial charge is 0.0940 e. The summed E-state index contributed by atoms with van der Waals surface area (Å²) in [5, 5.41) is 0. The van der Waals surface area contributed by atoms with Crippen molar-refractivity contribution in [3.63, 3.8) is 0 Å². The second-order valence-electron chi connectivity index (χ2n) is 3.41. The Bertz CT molecular complexity index is 167. The Kier molecular flexibility index (Phi) is 1.82. The first-order valence-corrected chi connectivity index (χ1v) is 4.34. The zero-order chi connectivity index (χ0) is 7.68. The van der Waals surface area contributed by atoms with Crippen molar-refractivity contribution in [1.29, 1.82) is 0 Å². The van der Waals surface area contributed by atoms with E-state index in [1.54, 1.807) is 0 Å². The van der Waals surface area contributed by atoms with Crippen LogP contribution in [0.15, 0.2) is 4.99 Å². The van der Waals surface area contributed by atoms with Gasteiger partial charge in [0.05, 0.1) is 19.2 Å². The predicted molar refractivity (Wildman–Crippen MR) is 45.5 cm³/mol. The van der Waals surface area contributed by atoms with Crippen LogP contribution in [0.3, 0.4) is 0 Å². The van der Waals surface area contributed by atoms with Crippen LogP contribution in [0.1, 0.15) is 19.3 Å². The molecule has 2 rings (SSSR count). The van der Waals surface area contributed by atoms with Crippen molar-refractivity contribution in [3.8, 4) is 0 Å². The summed E-state index contributed by atoms with van der Waals surface area (Å²) in [5.41, 5.74) is 0. The monoisotopic (exact) mass is 153 g/mol. The van der Waals surface area contributed by atoms with Crippen molar-refractivity contribution in [1.82, 2.24) is 9.80 Å². The van der Waals surface area contributed by atoms with Crippen LogP contribution in [-0.2, 0) is 0 Å². The molecule has 1 atom stereocenters. The van der Waals surface area contributed by atoms with Gasteiger partial charge in [0.1, 0.15) is 0 Å². The molecule has 3 nitrogen and oxygen atoms in total. The Morgan fingerprint density at radius 2 is 2.36 bits per heavy atom.